The van der Waals surface area contributed by atoms with Crippen molar-refractivity contribution in [3.63, 3.8) is 0 Å². The molecule has 4 nitrogen and oxygen atoms in total. The van der Waals surface area contributed by atoms with Gasteiger partial charge in [-0.15, -0.1) is 0 Å². The number of rotatable bonds is 4. The zero-order valence-electron chi connectivity index (χ0n) is 9.19. The number of carbonyl (C=O) groups excluding carboxylic acids is 1. The molecular formula is C11H15NO3. The van der Waals surface area contributed by atoms with Crippen molar-refractivity contribution >= 4 is 5.97 Å². The van der Waals surface area contributed by atoms with Gasteiger partial charge in [0.1, 0.15) is 0 Å². The molecule has 0 atom stereocenters. The van der Waals surface area contributed by atoms with Crippen molar-refractivity contribution in [2.75, 3.05) is 27.7 Å². The lowest BCUT2D eigenvalue weighted by atomic mass is 10.3. The smallest absolute Gasteiger partial charge is 0.325 e. The van der Waals surface area contributed by atoms with Crippen LogP contribution in [-0.4, -0.2) is 38.6 Å². The Morgan fingerprint density at radius 2 is 1.87 bits per heavy atom. The van der Waals surface area contributed by atoms with Gasteiger partial charge in [-0.1, -0.05) is 12.1 Å². The molecule has 0 saturated heterocycles. The second-order valence-electron chi connectivity index (χ2n) is 3.36. The highest BCUT2D eigenvalue weighted by Crippen LogP contribution is 2.25. The van der Waals surface area contributed by atoms with Crippen LogP contribution in [0.1, 0.15) is 0 Å². The van der Waals surface area contributed by atoms with E-state index >= 15 is 0 Å². The summed E-state index contributed by atoms with van der Waals surface area (Å²) in [5, 5.41) is 0. The molecule has 0 aliphatic carbocycles. The topological polar surface area (TPSA) is 38.8 Å². The van der Waals surface area contributed by atoms with Gasteiger partial charge in [-0.25, -0.2) is 0 Å². The summed E-state index contributed by atoms with van der Waals surface area (Å²) in [4.78, 5) is 13.1. The van der Waals surface area contributed by atoms with Crippen LogP contribution < -0.4 is 9.47 Å². The number of benzene rings is 1. The quantitative estimate of drug-likeness (QED) is 0.551. The summed E-state index contributed by atoms with van der Waals surface area (Å²) < 4.78 is 10.2. The molecule has 15 heavy (non-hydrogen) atoms. The normalized spacial score (nSPS) is 10.1. The average Bonchev–Trinajstić information content (AvgIpc) is 2.17. The van der Waals surface area contributed by atoms with Gasteiger partial charge in [-0.3, -0.25) is 9.69 Å². The Hall–Kier alpha value is -1.55. The first-order valence-electron chi connectivity index (χ1n) is 4.62. The monoisotopic (exact) mass is 209 g/mol. The lowest BCUT2D eigenvalue weighted by Gasteiger charge is -2.11. The number of hydrogen-bond acceptors (Lipinski definition) is 4. The number of ether oxygens (including phenoxy) is 2. The summed E-state index contributed by atoms with van der Waals surface area (Å²) in [5.74, 6) is 0.709. The molecule has 82 valence electrons. The van der Waals surface area contributed by atoms with E-state index in [0.717, 1.165) is 0 Å². The largest absolute Gasteiger partial charge is 0.493 e. The van der Waals surface area contributed by atoms with Gasteiger partial charge in [0, 0.05) is 0 Å². The van der Waals surface area contributed by atoms with Crippen LogP contribution in [0, 0.1) is 0 Å². The predicted molar refractivity (Wildman–Crippen MR) is 57.2 cm³/mol. The molecule has 1 aromatic rings. The first-order valence-corrected chi connectivity index (χ1v) is 4.62. The number of carbonyl (C=O) groups is 1. The summed E-state index contributed by atoms with van der Waals surface area (Å²) in [6, 6.07) is 7.06. The minimum Gasteiger partial charge on any atom is -0.493 e. The van der Waals surface area contributed by atoms with E-state index in [1.165, 1.54) is 0 Å². The van der Waals surface area contributed by atoms with Gasteiger partial charge < -0.3 is 9.47 Å². The SMILES string of the molecule is COc1ccccc1OC(=O)CN(C)C. The minimum absolute atomic E-state index is 0.248. The fourth-order valence-corrected chi connectivity index (χ4v) is 1.12. The zero-order chi connectivity index (χ0) is 11.3. The van der Waals surface area contributed by atoms with Crippen molar-refractivity contribution in [3.8, 4) is 11.5 Å². The van der Waals surface area contributed by atoms with Gasteiger partial charge >= 0.3 is 5.97 Å². The summed E-state index contributed by atoms with van der Waals surface area (Å²) in [7, 11) is 5.16. The number of hydrogen-bond donors (Lipinski definition) is 0. The summed E-state index contributed by atoms with van der Waals surface area (Å²) in [5.41, 5.74) is 0. The molecule has 0 aromatic heterocycles. The van der Waals surface area contributed by atoms with Crippen molar-refractivity contribution in [1.29, 1.82) is 0 Å². The summed E-state index contributed by atoms with van der Waals surface area (Å²) >= 11 is 0. The predicted octanol–water partition coefficient (Wildman–Crippen LogP) is 1.16. The third-order valence-electron chi connectivity index (χ3n) is 1.74. The lowest BCUT2D eigenvalue weighted by molar-refractivity contribution is -0.135. The Labute approximate surface area is 89.4 Å². The molecule has 0 saturated carbocycles. The summed E-state index contributed by atoms with van der Waals surface area (Å²) in [6.45, 7) is 0.248. The molecule has 0 spiro atoms. The van der Waals surface area contributed by atoms with Gasteiger partial charge in [0.2, 0.25) is 0 Å². The molecule has 4 heteroatoms. The van der Waals surface area contributed by atoms with Gasteiger partial charge in [-0.2, -0.15) is 0 Å². The number of likely N-dealkylation sites (N-methyl/N-ethyl adjacent to an activating group) is 1. The summed E-state index contributed by atoms with van der Waals surface area (Å²) in [6.07, 6.45) is 0. The highest BCUT2D eigenvalue weighted by atomic mass is 16.6. The highest BCUT2D eigenvalue weighted by Gasteiger charge is 2.09. The first kappa shape index (κ1) is 11.5. The Kier molecular flexibility index (Phi) is 4.12. The Morgan fingerprint density at radius 3 is 2.40 bits per heavy atom. The third kappa shape index (κ3) is 3.59. The van der Waals surface area contributed by atoms with E-state index in [1.807, 2.05) is 20.2 Å². The molecule has 0 bridgehead atoms. The number of nitrogens with zero attached hydrogens (tertiary/aromatic N) is 1. The zero-order valence-corrected chi connectivity index (χ0v) is 9.19. The molecule has 0 unspecified atom stereocenters. The molecular weight excluding hydrogens is 194 g/mol. The van der Waals surface area contributed by atoms with Crippen LogP contribution in [0.3, 0.4) is 0 Å². The van der Waals surface area contributed by atoms with Crippen molar-refractivity contribution in [3.05, 3.63) is 24.3 Å². The maximum Gasteiger partial charge on any atom is 0.325 e. The van der Waals surface area contributed by atoms with Crippen LogP contribution in [0.5, 0.6) is 11.5 Å². The molecule has 0 heterocycles. The van der Waals surface area contributed by atoms with E-state index in [1.54, 1.807) is 30.2 Å². The van der Waals surface area contributed by atoms with Crippen LogP contribution >= 0.6 is 0 Å². The maximum atomic E-state index is 11.4. The maximum absolute atomic E-state index is 11.4. The van der Waals surface area contributed by atoms with Crippen LogP contribution in [0.4, 0.5) is 0 Å². The Morgan fingerprint density at radius 1 is 1.27 bits per heavy atom. The number of para-hydroxylation sites is 2. The Balaban J connectivity index is 2.67. The molecule has 1 rings (SSSR count). The second-order valence-corrected chi connectivity index (χ2v) is 3.36. The van der Waals surface area contributed by atoms with E-state index in [0.29, 0.717) is 11.5 Å². The van der Waals surface area contributed by atoms with Crippen LogP contribution in [0.2, 0.25) is 0 Å². The van der Waals surface area contributed by atoms with E-state index in [2.05, 4.69) is 0 Å². The molecule has 0 aliphatic heterocycles. The van der Waals surface area contributed by atoms with Crippen LogP contribution in [0.25, 0.3) is 0 Å². The second kappa shape index (κ2) is 5.36. The van der Waals surface area contributed by atoms with Crippen molar-refractivity contribution in [2.45, 2.75) is 0 Å². The fourth-order valence-electron chi connectivity index (χ4n) is 1.12. The van der Waals surface area contributed by atoms with E-state index < -0.39 is 0 Å². The third-order valence-corrected chi connectivity index (χ3v) is 1.74. The standard InChI is InChI=1S/C11H15NO3/c1-12(2)8-11(13)15-10-7-5-4-6-9(10)14-3/h4-7H,8H2,1-3H3. The lowest BCUT2D eigenvalue weighted by Crippen LogP contribution is -2.25. The number of esters is 1. The fraction of sp³-hybridized carbons (Fsp3) is 0.364. The van der Waals surface area contributed by atoms with Gasteiger partial charge in [0.15, 0.2) is 11.5 Å². The van der Waals surface area contributed by atoms with Crippen molar-refractivity contribution in [1.82, 2.24) is 4.90 Å². The molecule has 0 aliphatic rings. The highest BCUT2D eigenvalue weighted by molar-refractivity contribution is 5.75. The number of methoxy groups -OCH3 is 1. The van der Waals surface area contributed by atoms with Crippen molar-refractivity contribution in [2.24, 2.45) is 0 Å². The first-order chi connectivity index (χ1) is 7.13. The van der Waals surface area contributed by atoms with Gasteiger partial charge in [0.25, 0.3) is 0 Å². The van der Waals surface area contributed by atoms with Crippen molar-refractivity contribution < 1.29 is 14.3 Å². The van der Waals surface area contributed by atoms with E-state index in [9.17, 15) is 4.79 Å². The van der Waals surface area contributed by atoms with E-state index in [-0.39, 0.29) is 12.5 Å². The van der Waals surface area contributed by atoms with Gasteiger partial charge in [-0.05, 0) is 26.2 Å². The Bertz CT molecular complexity index is 336. The molecule has 1 aromatic carbocycles. The van der Waals surface area contributed by atoms with Gasteiger partial charge in [0.05, 0.1) is 13.7 Å². The average molecular weight is 209 g/mol. The molecule has 0 fully saturated rings. The van der Waals surface area contributed by atoms with E-state index in [4.69, 9.17) is 9.47 Å². The van der Waals surface area contributed by atoms with Crippen LogP contribution in [0.15, 0.2) is 24.3 Å². The minimum atomic E-state index is -0.301. The molecule has 0 amide bonds. The van der Waals surface area contributed by atoms with Crippen LogP contribution in [-0.2, 0) is 4.79 Å². The molecule has 0 radical (unpaired) electrons. The molecule has 0 N–H and O–H groups in total.